The highest BCUT2D eigenvalue weighted by atomic mass is 16.2. The smallest absolute Gasteiger partial charge is 0.324 e. The van der Waals surface area contributed by atoms with E-state index in [0.717, 1.165) is 5.56 Å². The maximum atomic E-state index is 12.5. The van der Waals surface area contributed by atoms with E-state index in [1.165, 1.54) is 0 Å². The van der Waals surface area contributed by atoms with Crippen LogP contribution in [0.5, 0.6) is 0 Å². The first-order chi connectivity index (χ1) is 13.9. The van der Waals surface area contributed by atoms with Crippen molar-refractivity contribution in [2.24, 2.45) is 0 Å². The average molecular weight is 390 g/mol. The minimum Gasteiger partial charge on any atom is -0.373 e. The summed E-state index contributed by atoms with van der Waals surface area (Å²) in [4.78, 5) is 33.3. The van der Waals surface area contributed by atoms with Crippen molar-refractivity contribution in [3.63, 3.8) is 0 Å². The van der Waals surface area contributed by atoms with Crippen LogP contribution >= 0.6 is 0 Å². The monoisotopic (exact) mass is 390 g/mol. The van der Waals surface area contributed by atoms with E-state index >= 15 is 0 Å². The van der Waals surface area contributed by atoms with Crippen molar-refractivity contribution in [1.29, 1.82) is 0 Å². The van der Waals surface area contributed by atoms with Gasteiger partial charge >= 0.3 is 6.03 Å². The van der Waals surface area contributed by atoms with Crippen LogP contribution in [0, 0.1) is 13.8 Å². The van der Waals surface area contributed by atoms with E-state index < -0.39 is 6.03 Å². The average Bonchev–Trinajstić information content (AvgIpc) is 2.69. The van der Waals surface area contributed by atoms with E-state index in [0.29, 0.717) is 34.4 Å². The topological polar surface area (TPSA) is 108 Å². The Morgan fingerprint density at radius 1 is 0.828 bits per heavy atom. The standard InChI is InChI=1S/C21H22N6O2/c1-13-9-10-15(20(28)25-16-7-5-4-6-8-16)11-17(13)26-21(29)27-19-12-18(22-3)23-14(2)24-19/h4-12H,1-3H3,(H,25,28)(H3,22,23,24,26,27,29). The number of carbonyl (C=O) groups is 2. The number of anilines is 4. The molecule has 0 saturated carbocycles. The first kappa shape index (κ1) is 19.8. The van der Waals surface area contributed by atoms with Crippen LogP contribution in [0.2, 0.25) is 0 Å². The van der Waals surface area contributed by atoms with Crippen molar-refractivity contribution in [2.75, 3.05) is 28.3 Å². The Kier molecular flexibility index (Phi) is 6.03. The number of nitrogens with zero attached hydrogens (tertiary/aromatic N) is 2. The van der Waals surface area contributed by atoms with E-state index in [2.05, 4.69) is 31.2 Å². The summed E-state index contributed by atoms with van der Waals surface area (Å²) in [6, 6.07) is 15.5. The van der Waals surface area contributed by atoms with Crippen molar-refractivity contribution < 1.29 is 9.59 Å². The zero-order valence-electron chi connectivity index (χ0n) is 16.4. The van der Waals surface area contributed by atoms with Gasteiger partial charge in [0.05, 0.1) is 0 Å². The molecule has 8 nitrogen and oxygen atoms in total. The predicted molar refractivity (Wildman–Crippen MR) is 115 cm³/mol. The Morgan fingerprint density at radius 3 is 2.28 bits per heavy atom. The number of hydrogen-bond acceptors (Lipinski definition) is 5. The van der Waals surface area contributed by atoms with Crippen LogP contribution in [-0.2, 0) is 0 Å². The molecule has 3 rings (SSSR count). The molecule has 8 heteroatoms. The lowest BCUT2D eigenvalue weighted by Gasteiger charge is -2.12. The molecule has 3 aromatic rings. The maximum absolute atomic E-state index is 12.5. The largest absolute Gasteiger partial charge is 0.373 e. The minimum atomic E-state index is -0.464. The normalized spacial score (nSPS) is 10.2. The van der Waals surface area contributed by atoms with Gasteiger partial charge in [-0.1, -0.05) is 24.3 Å². The second kappa shape index (κ2) is 8.83. The van der Waals surface area contributed by atoms with Crippen molar-refractivity contribution in [3.8, 4) is 0 Å². The molecule has 0 radical (unpaired) electrons. The summed E-state index contributed by atoms with van der Waals surface area (Å²) in [6.45, 7) is 3.59. The summed E-state index contributed by atoms with van der Waals surface area (Å²) < 4.78 is 0. The number of nitrogens with one attached hydrogen (secondary N) is 4. The number of amides is 3. The number of urea groups is 1. The molecule has 1 aromatic heterocycles. The molecular weight excluding hydrogens is 368 g/mol. The Hall–Kier alpha value is -3.94. The van der Waals surface area contributed by atoms with E-state index in [-0.39, 0.29) is 5.91 Å². The fraction of sp³-hybridized carbons (Fsp3) is 0.143. The zero-order valence-corrected chi connectivity index (χ0v) is 16.4. The first-order valence-electron chi connectivity index (χ1n) is 9.03. The lowest BCUT2D eigenvalue weighted by Crippen LogP contribution is -2.21. The number of carbonyl (C=O) groups excluding carboxylic acids is 2. The molecule has 1 heterocycles. The molecule has 0 saturated heterocycles. The van der Waals surface area contributed by atoms with Gasteiger partial charge in [-0.2, -0.15) is 0 Å². The third kappa shape index (κ3) is 5.29. The maximum Gasteiger partial charge on any atom is 0.324 e. The summed E-state index contributed by atoms with van der Waals surface area (Å²) in [6.07, 6.45) is 0. The van der Waals surface area contributed by atoms with E-state index in [1.54, 1.807) is 38.2 Å². The molecule has 3 amide bonds. The first-order valence-corrected chi connectivity index (χ1v) is 9.03. The van der Waals surface area contributed by atoms with E-state index in [9.17, 15) is 9.59 Å². The number of rotatable bonds is 5. The number of benzene rings is 2. The molecule has 0 bridgehead atoms. The Morgan fingerprint density at radius 2 is 1.55 bits per heavy atom. The molecular formula is C21H22N6O2. The molecule has 0 atom stereocenters. The minimum absolute atomic E-state index is 0.259. The Bertz CT molecular complexity index is 1040. The van der Waals surface area contributed by atoms with Gasteiger partial charge in [0.1, 0.15) is 17.5 Å². The molecule has 0 aliphatic heterocycles. The van der Waals surface area contributed by atoms with Crippen molar-refractivity contribution in [1.82, 2.24) is 9.97 Å². The molecule has 0 spiro atoms. The lowest BCUT2D eigenvalue weighted by atomic mass is 10.1. The SMILES string of the molecule is CNc1cc(NC(=O)Nc2cc(C(=O)Nc3ccccc3)ccc2C)nc(C)n1. The highest BCUT2D eigenvalue weighted by Crippen LogP contribution is 2.19. The molecule has 2 aromatic carbocycles. The number of para-hydroxylation sites is 1. The molecule has 0 fully saturated rings. The molecule has 0 aliphatic carbocycles. The second-order valence-corrected chi connectivity index (χ2v) is 6.36. The van der Waals surface area contributed by atoms with Gasteiger partial charge < -0.3 is 16.0 Å². The van der Waals surface area contributed by atoms with Gasteiger partial charge in [0, 0.05) is 30.1 Å². The summed E-state index contributed by atoms with van der Waals surface area (Å²) >= 11 is 0. The van der Waals surface area contributed by atoms with Gasteiger partial charge in [-0.15, -0.1) is 0 Å². The lowest BCUT2D eigenvalue weighted by molar-refractivity contribution is 0.102. The van der Waals surface area contributed by atoms with Crippen LogP contribution in [0.4, 0.5) is 27.8 Å². The summed E-state index contributed by atoms with van der Waals surface area (Å²) in [5.41, 5.74) is 2.49. The third-order valence-electron chi connectivity index (χ3n) is 4.12. The molecule has 29 heavy (non-hydrogen) atoms. The summed E-state index contributed by atoms with van der Waals surface area (Å²) in [7, 11) is 1.74. The van der Waals surface area contributed by atoms with Crippen LogP contribution in [-0.4, -0.2) is 29.0 Å². The van der Waals surface area contributed by atoms with Crippen LogP contribution in [0.1, 0.15) is 21.7 Å². The van der Waals surface area contributed by atoms with Gasteiger partial charge in [-0.25, -0.2) is 14.8 Å². The zero-order chi connectivity index (χ0) is 20.8. The molecule has 0 aliphatic rings. The van der Waals surface area contributed by atoms with Crippen LogP contribution in [0.3, 0.4) is 0 Å². The number of hydrogen-bond donors (Lipinski definition) is 4. The van der Waals surface area contributed by atoms with E-state index in [1.807, 2.05) is 37.3 Å². The molecule has 148 valence electrons. The molecule has 0 unspecified atom stereocenters. The van der Waals surface area contributed by atoms with Crippen LogP contribution < -0.4 is 21.3 Å². The Balaban J connectivity index is 1.72. The second-order valence-electron chi connectivity index (χ2n) is 6.36. The summed E-state index contributed by atoms with van der Waals surface area (Å²) in [5.74, 6) is 1.24. The predicted octanol–water partition coefficient (Wildman–Crippen LogP) is 4.03. The van der Waals surface area contributed by atoms with Crippen molar-refractivity contribution >= 4 is 34.9 Å². The fourth-order valence-corrected chi connectivity index (χ4v) is 2.65. The molecule has 4 N–H and O–H groups in total. The number of aromatic nitrogens is 2. The van der Waals surface area contributed by atoms with Gasteiger partial charge in [0.15, 0.2) is 0 Å². The van der Waals surface area contributed by atoms with Gasteiger partial charge in [0.25, 0.3) is 5.91 Å². The number of aryl methyl sites for hydroxylation is 2. The van der Waals surface area contributed by atoms with Gasteiger partial charge in [-0.3, -0.25) is 10.1 Å². The Labute approximate surface area is 168 Å². The summed E-state index contributed by atoms with van der Waals surface area (Å²) in [5, 5.41) is 11.2. The fourth-order valence-electron chi connectivity index (χ4n) is 2.65. The van der Waals surface area contributed by atoms with Crippen molar-refractivity contribution in [3.05, 3.63) is 71.5 Å². The van der Waals surface area contributed by atoms with Crippen LogP contribution in [0.25, 0.3) is 0 Å². The van der Waals surface area contributed by atoms with Crippen LogP contribution in [0.15, 0.2) is 54.6 Å². The third-order valence-corrected chi connectivity index (χ3v) is 4.12. The highest BCUT2D eigenvalue weighted by molar-refractivity contribution is 6.06. The quantitative estimate of drug-likeness (QED) is 0.526. The van der Waals surface area contributed by atoms with Gasteiger partial charge in [0.2, 0.25) is 0 Å². The highest BCUT2D eigenvalue weighted by Gasteiger charge is 2.12. The van der Waals surface area contributed by atoms with E-state index in [4.69, 9.17) is 0 Å². The van der Waals surface area contributed by atoms with Gasteiger partial charge in [-0.05, 0) is 43.7 Å². The van der Waals surface area contributed by atoms with Crippen molar-refractivity contribution in [2.45, 2.75) is 13.8 Å².